The smallest absolute Gasteiger partial charge is 0.235 e. The molecule has 1 rings (SSSR count). The number of ether oxygens (including phenoxy) is 1. The molecule has 5 heteroatoms. The molecule has 0 bridgehead atoms. The van der Waals surface area contributed by atoms with Crippen LogP contribution in [-0.2, 0) is 13.8 Å². The summed E-state index contributed by atoms with van der Waals surface area (Å²) in [6.07, 6.45) is 3.13. The largest absolute Gasteiger partial charge is 0.379 e. The van der Waals surface area contributed by atoms with Crippen LogP contribution >= 0.6 is 10.7 Å². The first-order valence-electron chi connectivity index (χ1n) is 4.59. The quantitative estimate of drug-likeness (QED) is 0.691. The lowest BCUT2D eigenvalue weighted by atomic mass is 9.97. The lowest BCUT2D eigenvalue weighted by Crippen LogP contribution is -2.28. The van der Waals surface area contributed by atoms with E-state index in [0.717, 1.165) is 12.8 Å². The van der Waals surface area contributed by atoms with Gasteiger partial charge in [-0.25, -0.2) is 8.42 Å². The highest BCUT2D eigenvalue weighted by molar-refractivity contribution is 8.14. The van der Waals surface area contributed by atoms with Gasteiger partial charge in [0.15, 0.2) is 0 Å². The Morgan fingerprint density at radius 3 is 2.23 bits per heavy atom. The molecule has 0 unspecified atom stereocenters. The monoisotopic (exact) mass is 226 g/mol. The predicted molar refractivity (Wildman–Crippen MR) is 52.4 cm³/mol. The second kappa shape index (κ2) is 4.62. The summed E-state index contributed by atoms with van der Waals surface area (Å²) in [7, 11) is 1.92. The molecule has 0 aromatic carbocycles. The van der Waals surface area contributed by atoms with Gasteiger partial charge in [-0.2, -0.15) is 0 Å². The molecule has 0 aromatic heterocycles. The van der Waals surface area contributed by atoms with E-state index in [9.17, 15) is 8.42 Å². The molecule has 1 aliphatic rings. The Kier molecular flexibility index (Phi) is 4.01. The van der Waals surface area contributed by atoms with E-state index in [-0.39, 0.29) is 11.4 Å². The molecule has 0 amide bonds. The predicted octanol–water partition coefficient (Wildman–Crippen LogP) is 1.90. The first kappa shape index (κ1) is 11.3. The number of halogens is 1. The van der Waals surface area contributed by atoms with Crippen molar-refractivity contribution in [1.82, 2.24) is 0 Å². The highest BCUT2D eigenvalue weighted by Gasteiger charge is 2.29. The normalized spacial score (nSPS) is 30.3. The van der Waals surface area contributed by atoms with Crippen LogP contribution in [0.3, 0.4) is 0 Å². The van der Waals surface area contributed by atoms with E-state index in [0.29, 0.717) is 19.4 Å². The molecule has 0 radical (unpaired) electrons. The zero-order valence-corrected chi connectivity index (χ0v) is 9.27. The van der Waals surface area contributed by atoms with Crippen molar-refractivity contribution in [3.8, 4) is 0 Å². The van der Waals surface area contributed by atoms with Gasteiger partial charge in [-0.05, 0) is 32.6 Å². The van der Waals surface area contributed by atoms with E-state index in [2.05, 4.69) is 0 Å². The van der Waals surface area contributed by atoms with Crippen LogP contribution in [0.25, 0.3) is 0 Å². The van der Waals surface area contributed by atoms with E-state index in [1.807, 2.05) is 6.92 Å². The van der Waals surface area contributed by atoms with Gasteiger partial charge < -0.3 is 4.74 Å². The lowest BCUT2D eigenvalue weighted by molar-refractivity contribution is 0.0376. The number of hydrogen-bond donors (Lipinski definition) is 0. The highest BCUT2D eigenvalue weighted by atomic mass is 35.7. The van der Waals surface area contributed by atoms with Gasteiger partial charge in [-0.1, -0.05) is 0 Å². The summed E-state index contributed by atoms with van der Waals surface area (Å²) < 4.78 is 27.4. The van der Waals surface area contributed by atoms with Crippen molar-refractivity contribution >= 4 is 19.7 Å². The molecule has 3 nitrogen and oxygen atoms in total. The SMILES string of the molecule is CCO[C@H]1CC[C@@H](S(=O)(=O)Cl)CC1. The zero-order chi connectivity index (χ0) is 9.90. The Hall–Kier alpha value is 0.200. The average Bonchev–Trinajstić information content (AvgIpc) is 2.04. The van der Waals surface area contributed by atoms with Crippen LogP contribution in [0.1, 0.15) is 32.6 Å². The summed E-state index contributed by atoms with van der Waals surface area (Å²) >= 11 is 0. The minimum absolute atomic E-state index is 0.236. The van der Waals surface area contributed by atoms with Crippen LogP contribution in [-0.4, -0.2) is 26.4 Å². The van der Waals surface area contributed by atoms with Crippen molar-refractivity contribution in [2.24, 2.45) is 0 Å². The minimum atomic E-state index is -3.35. The van der Waals surface area contributed by atoms with Crippen LogP contribution in [0.15, 0.2) is 0 Å². The van der Waals surface area contributed by atoms with Crippen molar-refractivity contribution in [2.75, 3.05) is 6.61 Å². The molecule has 0 aliphatic heterocycles. The fraction of sp³-hybridized carbons (Fsp3) is 1.00. The van der Waals surface area contributed by atoms with Gasteiger partial charge in [0.05, 0.1) is 11.4 Å². The van der Waals surface area contributed by atoms with Crippen molar-refractivity contribution in [3.63, 3.8) is 0 Å². The third-order valence-corrected chi connectivity index (χ3v) is 4.45. The molecule has 0 heterocycles. The van der Waals surface area contributed by atoms with Crippen LogP contribution in [0.2, 0.25) is 0 Å². The summed E-state index contributed by atoms with van der Waals surface area (Å²) in [5, 5.41) is -0.356. The summed E-state index contributed by atoms with van der Waals surface area (Å²) in [6.45, 7) is 2.65. The average molecular weight is 227 g/mol. The summed E-state index contributed by atoms with van der Waals surface area (Å²) in [4.78, 5) is 0. The molecule has 0 saturated heterocycles. The van der Waals surface area contributed by atoms with Crippen LogP contribution in [0.4, 0.5) is 0 Å². The molecule has 1 fully saturated rings. The van der Waals surface area contributed by atoms with Crippen molar-refractivity contribution < 1.29 is 13.2 Å². The van der Waals surface area contributed by atoms with Crippen LogP contribution in [0, 0.1) is 0 Å². The van der Waals surface area contributed by atoms with E-state index in [1.165, 1.54) is 0 Å². The topological polar surface area (TPSA) is 43.4 Å². The second-order valence-electron chi connectivity index (χ2n) is 3.33. The standard InChI is InChI=1S/C8H15ClO3S/c1-2-12-7-3-5-8(6-4-7)13(9,10)11/h7-8H,2-6H2,1H3/t7-,8+. The fourth-order valence-electron chi connectivity index (χ4n) is 1.72. The van der Waals surface area contributed by atoms with E-state index in [4.69, 9.17) is 15.4 Å². The van der Waals surface area contributed by atoms with Gasteiger partial charge in [0.1, 0.15) is 0 Å². The summed E-state index contributed by atoms with van der Waals surface area (Å²) in [6, 6.07) is 0. The van der Waals surface area contributed by atoms with Gasteiger partial charge in [0.2, 0.25) is 9.05 Å². The molecule has 0 spiro atoms. The second-order valence-corrected chi connectivity index (χ2v) is 6.24. The molecule has 0 atom stereocenters. The Morgan fingerprint density at radius 1 is 1.31 bits per heavy atom. The van der Waals surface area contributed by atoms with Gasteiger partial charge in [0.25, 0.3) is 0 Å². The maximum Gasteiger partial charge on any atom is 0.235 e. The van der Waals surface area contributed by atoms with Crippen molar-refractivity contribution in [1.29, 1.82) is 0 Å². The van der Waals surface area contributed by atoms with E-state index >= 15 is 0 Å². The summed E-state index contributed by atoms with van der Waals surface area (Å²) in [5.41, 5.74) is 0. The molecule has 78 valence electrons. The Labute approximate surface area is 83.8 Å². The first-order chi connectivity index (χ1) is 6.04. The summed E-state index contributed by atoms with van der Waals surface area (Å²) in [5.74, 6) is 0. The number of hydrogen-bond acceptors (Lipinski definition) is 3. The molecule has 1 aliphatic carbocycles. The molecule has 13 heavy (non-hydrogen) atoms. The highest BCUT2D eigenvalue weighted by Crippen LogP contribution is 2.27. The molecule has 1 saturated carbocycles. The van der Waals surface area contributed by atoms with Gasteiger partial charge >= 0.3 is 0 Å². The minimum Gasteiger partial charge on any atom is -0.379 e. The molecule has 0 N–H and O–H groups in total. The maximum absolute atomic E-state index is 11.0. The lowest BCUT2D eigenvalue weighted by Gasteiger charge is -2.26. The number of rotatable bonds is 3. The third-order valence-electron chi connectivity index (χ3n) is 2.42. The van der Waals surface area contributed by atoms with Crippen LogP contribution in [0.5, 0.6) is 0 Å². The van der Waals surface area contributed by atoms with Gasteiger partial charge in [-0.15, -0.1) is 0 Å². The van der Waals surface area contributed by atoms with Crippen molar-refractivity contribution in [2.45, 2.75) is 44.0 Å². The van der Waals surface area contributed by atoms with E-state index < -0.39 is 9.05 Å². The Balaban J connectivity index is 2.39. The molecular formula is C8H15ClO3S. The Morgan fingerprint density at radius 2 is 1.85 bits per heavy atom. The zero-order valence-electron chi connectivity index (χ0n) is 7.70. The Bertz CT molecular complexity index is 242. The fourth-order valence-corrected chi connectivity index (χ4v) is 3.09. The van der Waals surface area contributed by atoms with E-state index in [1.54, 1.807) is 0 Å². The first-order valence-corrected chi connectivity index (χ1v) is 6.96. The van der Waals surface area contributed by atoms with Crippen molar-refractivity contribution in [3.05, 3.63) is 0 Å². The van der Waals surface area contributed by atoms with Gasteiger partial charge in [0, 0.05) is 17.3 Å². The van der Waals surface area contributed by atoms with Gasteiger partial charge in [-0.3, -0.25) is 0 Å². The maximum atomic E-state index is 11.0. The molecular weight excluding hydrogens is 212 g/mol. The molecule has 0 aromatic rings. The third kappa shape index (κ3) is 3.44. The van der Waals surface area contributed by atoms with Crippen LogP contribution < -0.4 is 0 Å².